The van der Waals surface area contributed by atoms with Gasteiger partial charge in [0.1, 0.15) is 11.6 Å². The van der Waals surface area contributed by atoms with E-state index in [4.69, 9.17) is 20.8 Å². The lowest BCUT2D eigenvalue weighted by molar-refractivity contribution is 0.102. The Hall–Kier alpha value is -3.10. The molecule has 0 amide bonds. The van der Waals surface area contributed by atoms with Gasteiger partial charge in [0.05, 0.1) is 23.4 Å². The van der Waals surface area contributed by atoms with Gasteiger partial charge in [0, 0.05) is 22.6 Å². The van der Waals surface area contributed by atoms with Crippen LogP contribution in [0.3, 0.4) is 0 Å². The highest BCUT2D eigenvalue weighted by Crippen LogP contribution is 2.31. The summed E-state index contributed by atoms with van der Waals surface area (Å²) in [4.78, 5) is 12.9. The summed E-state index contributed by atoms with van der Waals surface area (Å²) in [6.45, 7) is 3.72. The molecule has 0 aliphatic rings. The van der Waals surface area contributed by atoms with E-state index in [0.717, 1.165) is 11.4 Å². The fourth-order valence-corrected chi connectivity index (χ4v) is 4.29. The molecule has 0 atom stereocenters. The van der Waals surface area contributed by atoms with Gasteiger partial charge >= 0.3 is 0 Å². The molecule has 0 radical (unpaired) electrons. The first-order valence-electron chi connectivity index (χ1n) is 9.66. The van der Waals surface area contributed by atoms with Crippen molar-refractivity contribution >= 4 is 29.1 Å². The minimum Gasteiger partial charge on any atom is -0.496 e. The van der Waals surface area contributed by atoms with E-state index in [-0.39, 0.29) is 16.6 Å². The third kappa shape index (κ3) is 4.28. The highest BCUT2D eigenvalue weighted by molar-refractivity contribution is 7.99. The molecule has 9 heteroatoms. The number of para-hydroxylation sites is 1. The van der Waals surface area contributed by atoms with Crippen LogP contribution in [0, 0.1) is 19.7 Å². The summed E-state index contributed by atoms with van der Waals surface area (Å²) < 4.78 is 26.4. The molecule has 164 valence electrons. The van der Waals surface area contributed by atoms with Crippen LogP contribution in [0.25, 0.3) is 17.1 Å². The number of halogens is 2. The molecule has 0 aliphatic heterocycles. The van der Waals surface area contributed by atoms with Crippen LogP contribution >= 0.6 is 23.4 Å². The molecule has 0 aliphatic carbocycles. The third-order valence-electron chi connectivity index (χ3n) is 4.96. The van der Waals surface area contributed by atoms with Crippen LogP contribution in [0.4, 0.5) is 4.39 Å². The quantitative estimate of drug-likeness (QED) is 0.246. The maximum Gasteiger partial charge on any atom is 0.277 e. The maximum atomic E-state index is 13.5. The van der Waals surface area contributed by atoms with Gasteiger partial charge in [-0.25, -0.2) is 4.39 Å². The standard InChI is InChI=1S/C23H19ClFN3O3S/c1-13-10-17(14(2)28(13)15-8-9-19(25)18(24)11-15)20(29)12-32-23-27-26-22(31-23)16-6-4-5-7-21(16)30-3/h4-11H,12H2,1-3H3. The molecule has 4 aromatic rings. The van der Waals surface area contributed by atoms with Crippen LogP contribution < -0.4 is 4.74 Å². The Morgan fingerprint density at radius 3 is 2.72 bits per heavy atom. The Bertz CT molecular complexity index is 1300. The fourth-order valence-electron chi connectivity index (χ4n) is 3.47. The van der Waals surface area contributed by atoms with Crippen molar-refractivity contribution in [1.29, 1.82) is 0 Å². The molecule has 0 fully saturated rings. The summed E-state index contributed by atoms with van der Waals surface area (Å²) in [7, 11) is 1.57. The number of aryl methyl sites for hydroxylation is 1. The number of rotatable bonds is 7. The zero-order valence-electron chi connectivity index (χ0n) is 17.6. The first kappa shape index (κ1) is 22.1. The average molecular weight is 472 g/mol. The molecule has 0 unspecified atom stereocenters. The van der Waals surface area contributed by atoms with Crippen molar-refractivity contribution in [1.82, 2.24) is 14.8 Å². The summed E-state index contributed by atoms with van der Waals surface area (Å²) >= 11 is 7.10. The predicted molar refractivity (Wildman–Crippen MR) is 122 cm³/mol. The molecular weight excluding hydrogens is 453 g/mol. The van der Waals surface area contributed by atoms with Gasteiger partial charge in [0.25, 0.3) is 11.1 Å². The van der Waals surface area contributed by atoms with E-state index in [9.17, 15) is 9.18 Å². The summed E-state index contributed by atoms with van der Waals surface area (Å²) in [5, 5.41) is 8.41. The molecule has 0 N–H and O–H groups in total. The van der Waals surface area contributed by atoms with Crippen LogP contribution in [-0.4, -0.2) is 33.4 Å². The predicted octanol–water partition coefficient (Wildman–Crippen LogP) is 5.92. The Morgan fingerprint density at radius 2 is 1.97 bits per heavy atom. The number of carbonyl (C=O) groups is 1. The van der Waals surface area contributed by atoms with Crippen LogP contribution in [-0.2, 0) is 0 Å². The lowest BCUT2D eigenvalue weighted by Gasteiger charge is -2.10. The summed E-state index contributed by atoms with van der Waals surface area (Å²) in [6, 6.07) is 13.6. The Labute approximate surface area is 193 Å². The number of Topliss-reactive ketones (excluding diaryl/α,β-unsaturated/α-hetero) is 1. The maximum absolute atomic E-state index is 13.5. The van der Waals surface area contributed by atoms with Crippen molar-refractivity contribution in [2.24, 2.45) is 0 Å². The lowest BCUT2D eigenvalue weighted by atomic mass is 10.2. The van der Waals surface area contributed by atoms with Crippen molar-refractivity contribution in [2.45, 2.75) is 19.1 Å². The zero-order chi connectivity index (χ0) is 22.8. The highest BCUT2D eigenvalue weighted by atomic mass is 35.5. The number of nitrogens with zero attached hydrogens (tertiary/aromatic N) is 3. The van der Waals surface area contributed by atoms with E-state index >= 15 is 0 Å². The number of carbonyl (C=O) groups excluding carboxylic acids is 1. The van der Waals surface area contributed by atoms with Gasteiger partial charge in [-0.05, 0) is 50.2 Å². The molecular formula is C23H19ClFN3O3S. The van der Waals surface area contributed by atoms with E-state index in [1.807, 2.05) is 42.7 Å². The van der Waals surface area contributed by atoms with Crippen LogP contribution in [0.2, 0.25) is 5.02 Å². The van der Waals surface area contributed by atoms with Crippen molar-refractivity contribution in [3.63, 3.8) is 0 Å². The van der Waals surface area contributed by atoms with E-state index in [1.165, 1.54) is 23.9 Å². The van der Waals surface area contributed by atoms with Crippen molar-refractivity contribution in [2.75, 3.05) is 12.9 Å². The molecule has 0 saturated heterocycles. The smallest absolute Gasteiger partial charge is 0.277 e. The molecule has 2 aromatic heterocycles. The molecule has 0 saturated carbocycles. The van der Waals surface area contributed by atoms with Crippen LogP contribution in [0.1, 0.15) is 21.7 Å². The van der Waals surface area contributed by atoms with Crippen LogP contribution in [0.5, 0.6) is 5.75 Å². The number of methoxy groups -OCH3 is 1. The van der Waals surface area contributed by atoms with Gasteiger partial charge in [-0.3, -0.25) is 4.79 Å². The van der Waals surface area contributed by atoms with Gasteiger partial charge in [-0.1, -0.05) is 35.5 Å². The van der Waals surface area contributed by atoms with E-state index in [1.54, 1.807) is 19.2 Å². The summed E-state index contributed by atoms with van der Waals surface area (Å²) in [5.74, 6) is 0.500. The monoisotopic (exact) mass is 471 g/mol. The first-order chi connectivity index (χ1) is 15.4. The van der Waals surface area contributed by atoms with Gasteiger partial charge in [0.2, 0.25) is 0 Å². The number of thioether (sulfide) groups is 1. The molecule has 4 rings (SSSR count). The number of hydrogen-bond acceptors (Lipinski definition) is 6. The second-order valence-electron chi connectivity index (χ2n) is 7.00. The molecule has 6 nitrogen and oxygen atoms in total. The zero-order valence-corrected chi connectivity index (χ0v) is 19.1. The molecule has 2 heterocycles. The molecule has 2 aromatic carbocycles. The third-order valence-corrected chi connectivity index (χ3v) is 6.07. The second kappa shape index (κ2) is 9.18. The SMILES string of the molecule is COc1ccccc1-c1nnc(SCC(=O)c2cc(C)n(-c3ccc(F)c(Cl)c3)c2C)o1. The van der Waals surface area contributed by atoms with Crippen molar-refractivity contribution in [3.05, 3.63) is 76.3 Å². The van der Waals surface area contributed by atoms with Crippen molar-refractivity contribution < 1.29 is 18.3 Å². The summed E-state index contributed by atoms with van der Waals surface area (Å²) in [5.41, 5.74) is 3.53. The van der Waals surface area contributed by atoms with Crippen LogP contribution in [0.15, 0.2) is 58.2 Å². The second-order valence-corrected chi connectivity index (χ2v) is 8.34. The van der Waals surface area contributed by atoms with Crippen molar-refractivity contribution in [3.8, 4) is 22.9 Å². The Balaban J connectivity index is 1.51. The van der Waals surface area contributed by atoms with Gasteiger partial charge < -0.3 is 13.7 Å². The number of ether oxygens (including phenoxy) is 1. The van der Waals surface area contributed by atoms with E-state index in [0.29, 0.717) is 33.7 Å². The Kier molecular flexibility index (Phi) is 6.34. The van der Waals surface area contributed by atoms with E-state index < -0.39 is 5.82 Å². The van der Waals surface area contributed by atoms with Gasteiger partial charge in [-0.15, -0.1) is 10.2 Å². The summed E-state index contributed by atoms with van der Waals surface area (Å²) in [6.07, 6.45) is 0. The minimum atomic E-state index is -0.488. The highest BCUT2D eigenvalue weighted by Gasteiger charge is 2.19. The average Bonchev–Trinajstić information content (AvgIpc) is 3.38. The topological polar surface area (TPSA) is 70.2 Å². The van der Waals surface area contributed by atoms with Gasteiger partial charge in [-0.2, -0.15) is 0 Å². The van der Waals surface area contributed by atoms with E-state index in [2.05, 4.69) is 10.2 Å². The normalized spacial score (nSPS) is 11.0. The molecule has 0 bridgehead atoms. The number of benzene rings is 2. The molecule has 0 spiro atoms. The van der Waals surface area contributed by atoms with Gasteiger partial charge in [0.15, 0.2) is 5.78 Å². The molecule has 32 heavy (non-hydrogen) atoms. The number of hydrogen-bond donors (Lipinski definition) is 0. The lowest BCUT2D eigenvalue weighted by Crippen LogP contribution is -2.05. The first-order valence-corrected chi connectivity index (χ1v) is 11.0. The largest absolute Gasteiger partial charge is 0.496 e. The number of ketones is 1. The number of aromatic nitrogens is 3. The minimum absolute atomic E-state index is 0.0284. The fraction of sp³-hybridized carbons (Fsp3) is 0.174. The Morgan fingerprint density at radius 1 is 1.19 bits per heavy atom.